The first-order valence-electron chi connectivity index (χ1n) is 4.97. The molecule has 0 aliphatic rings. The third-order valence-electron chi connectivity index (χ3n) is 2.43. The highest BCUT2D eigenvalue weighted by molar-refractivity contribution is 6.35. The molecule has 0 bridgehead atoms. The maximum absolute atomic E-state index is 9.79. The Hall–Kier alpha value is -0.890. The molecule has 2 aromatic carbocycles. The lowest BCUT2D eigenvalue weighted by molar-refractivity contribution is 0.469. The minimum Gasteiger partial charge on any atom is -0.508 e. The molecule has 0 aliphatic heterocycles. The van der Waals surface area contributed by atoms with E-state index in [1.54, 1.807) is 18.2 Å². The molecule has 17 heavy (non-hydrogen) atoms. The smallest absolute Gasteiger partial charge is 0.122 e. The molecule has 0 heterocycles. The fraction of sp³-hybridized carbons (Fsp3) is 0.0769. The number of hydrogen-bond acceptors (Lipinski definition) is 1. The Bertz CT molecular complexity index is 512. The maximum atomic E-state index is 9.79. The molecule has 2 rings (SSSR count). The summed E-state index contributed by atoms with van der Waals surface area (Å²) in [6, 6.07) is 10.5. The van der Waals surface area contributed by atoms with Gasteiger partial charge in [-0.25, -0.2) is 0 Å². The highest BCUT2D eigenvalue weighted by Crippen LogP contribution is 2.31. The molecule has 1 nitrogen and oxygen atoms in total. The van der Waals surface area contributed by atoms with Crippen molar-refractivity contribution in [3.63, 3.8) is 0 Å². The Balaban J connectivity index is 2.33. The molecular formula is C13H9Cl3O. The Morgan fingerprint density at radius 3 is 2.12 bits per heavy atom. The predicted octanol–water partition coefficient (Wildman–Crippen LogP) is 4.94. The largest absolute Gasteiger partial charge is 0.508 e. The van der Waals surface area contributed by atoms with Crippen LogP contribution in [0.3, 0.4) is 0 Å². The van der Waals surface area contributed by atoms with Gasteiger partial charge < -0.3 is 5.11 Å². The first-order chi connectivity index (χ1) is 8.06. The van der Waals surface area contributed by atoms with Crippen LogP contribution in [0, 0.1) is 0 Å². The van der Waals surface area contributed by atoms with Crippen LogP contribution < -0.4 is 0 Å². The Morgan fingerprint density at radius 2 is 1.53 bits per heavy atom. The molecule has 0 saturated carbocycles. The van der Waals surface area contributed by atoms with Gasteiger partial charge in [-0.05, 0) is 29.8 Å². The minimum atomic E-state index is 0.109. The van der Waals surface area contributed by atoms with Gasteiger partial charge in [0.2, 0.25) is 0 Å². The summed E-state index contributed by atoms with van der Waals surface area (Å²) in [7, 11) is 0. The molecule has 0 fully saturated rings. The first-order valence-corrected chi connectivity index (χ1v) is 6.11. The average Bonchev–Trinajstić information content (AvgIpc) is 2.26. The van der Waals surface area contributed by atoms with E-state index in [2.05, 4.69) is 0 Å². The lowest BCUT2D eigenvalue weighted by Gasteiger charge is -2.08. The van der Waals surface area contributed by atoms with Crippen molar-refractivity contribution in [2.75, 3.05) is 0 Å². The van der Waals surface area contributed by atoms with Crippen LogP contribution >= 0.6 is 34.8 Å². The number of phenolic OH excluding ortho intramolecular Hbond substituents is 1. The van der Waals surface area contributed by atoms with Crippen molar-refractivity contribution < 1.29 is 5.11 Å². The highest BCUT2D eigenvalue weighted by atomic mass is 35.5. The van der Waals surface area contributed by atoms with Crippen molar-refractivity contribution in [1.82, 2.24) is 0 Å². The molecule has 1 N–H and O–H groups in total. The van der Waals surface area contributed by atoms with E-state index < -0.39 is 0 Å². The second kappa shape index (κ2) is 5.18. The zero-order valence-corrected chi connectivity index (χ0v) is 11.0. The SMILES string of the molecule is Oc1cc(Cl)cc(Cl)c1Cc1ccc(Cl)cc1. The van der Waals surface area contributed by atoms with Gasteiger partial charge in [0.15, 0.2) is 0 Å². The standard InChI is InChI=1S/C13H9Cl3O/c14-9-3-1-8(2-4-9)5-11-12(16)6-10(15)7-13(11)17/h1-4,6-7,17H,5H2. The molecule has 0 aliphatic carbocycles. The van der Waals surface area contributed by atoms with Crippen LogP contribution in [-0.4, -0.2) is 5.11 Å². The molecular weight excluding hydrogens is 279 g/mol. The van der Waals surface area contributed by atoms with Crippen molar-refractivity contribution in [1.29, 1.82) is 0 Å². The van der Waals surface area contributed by atoms with Gasteiger partial charge >= 0.3 is 0 Å². The maximum Gasteiger partial charge on any atom is 0.122 e. The van der Waals surface area contributed by atoms with E-state index in [1.807, 2.05) is 12.1 Å². The van der Waals surface area contributed by atoms with Crippen molar-refractivity contribution in [2.45, 2.75) is 6.42 Å². The number of halogens is 3. The van der Waals surface area contributed by atoms with Gasteiger partial charge in [0, 0.05) is 27.1 Å². The van der Waals surface area contributed by atoms with E-state index in [-0.39, 0.29) is 5.75 Å². The molecule has 4 heteroatoms. The summed E-state index contributed by atoms with van der Waals surface area (Å²) in [5.41, 5.74) is 1.69. The zero-order chi connectivity index (χ0) is 12.4. The summed E-state index contributed by atoms with van der Waals surface area (Å²) in [6.07, 6.45) is 0.541. The third kappa shape index (κ3) is 3.06. The van der Waals surface area contributed by atoms with Gasteiger partial charge in [-0.3, -0.25) is 0 Å². The molecule has 0 unspecified atom stereocenters. The molecule has 0 radical (unpaired) electrons. The molecule has 88 valence electrons. The van der Waals surface area contributed by atoms with E-state index in [1.165, 1.54) is 6.07 Å². The van der Waals surface area contributed by atoms with Crippen LogP contribution in [-0.2, 0) is 6.42 Å². The summed E-state index contributed by atoms with van der Waals surface area (Å²) in [5.74, 6) is 0.109. The topological polar surface area (TPSA) is 20.2 Å². The number of aromatic hydroxyl groups is 1. The molecule has 0 spiro atoms. The number of phenols is 1. The number of hydrogen-bond donors (Lipinski definition) is 1. The van der Waals surface area contributed by atoms with Gasteiger partial charge in [0.05, 0.1) is 0 Å². The van der Waals surface area contributed by atoms with Crippen molar-refractivity contribution in [2.24, 2.45) is 0 Å². The Morgan fingerprint density at radius 1 is 0.882 bits per heavy atom. The van der Waals surface area contributed by atoms with Gasteiger partial charge in [-0.2, -0.15) is 0 Å². The van der Waals surface area contributed by atoms with Gasteiger partial charge in [-0.1, -0.05) is 46.9 Å². The lowest BCUT2D eigenvalue weighted by atomic mass is 10.0. The van der Waals surface area contributed by atoms with Crippen LogP contribution in [0.5, 0.6) is 5.75 Å². The van der Waals surface area contributed by atoms with E-state index in [0.29, 0.717) is 27.1 Å². The fourth-order valence-corrected chi connectivity index (χ4v) is 2.25. The van der Waals surface area contributed by atoms with E-state index in [4.69, 9.17) is 34.8 Å². The van der Waals surface area contributed by atoms with Crippen molar-refractivity contribution >= 4 is 34.8 Å². The lowest BCUT2D eigenvalue weighted by Crippen LogP contribution is -1.90. The highest BCUT2D eigenvalue weighted by Gasteiger charge is 2.09. The van der Waals surface area contributed by atoms with Crippen molar-refractivity contribution in [3.8, 4) is 5.75 Å². The van der Waals surface area contributed by atoms with Crippen LogP contribution in [0.25, 0.3) is 0 Å². The quantitative estimate of drug-likeness (QED) is 0.829. The Labute approximate surface area is 115 Å². The summed E-state index contributed by atoms with van der Waals surface area (Å²) in [6.45, 7) is 0. The van der Waals surface area contributed by atoms with E-state index >= 15 is 0 Å². The molecule has 2 aromatic rings. The van der Waals surface area contributed by atoms with Crippen LogP contribution in [0.2, 0.25) is 15.1 Å². The Kier molecular flexibility index (Phi) is 3.82. The first kappa shape index (κ1) is 12.6. The second-order valence-corrected chi connectivity index (χ2v) is 4.97. The normalized spacial score (nSPS) is 10.5. The molecule has 0 aromatic heterocycles. The van der Waals surface area contributed by atoms with Crippen LogP contribution in [0.4, 0.5) is 0 Å². The third-order valence-corrected chi connectivity index (χ3v) is 3.24. The molecule has 0 saturated heterocycles. The monoisotopic (exact) mass is 286 g/mol. The zero-order valence-electron chi connectivity index (χ0n) is 8.75. The average molecular weight is 288 g/mol. The second-order valence-electron chi connectivity index (χ2n) is 3.69. The molecule has 0 atom stereocenters. The summed E-state index contributed by atoms with van der Waals surface area (Å²) in [4.78, 5) is 0. The molecule has 0 amide bonds. The van der Waals surface area contributed by atoms with Crippen molar-refractivity contribution in [3.05, 3.63) is 62.6 Å². The van der Waals surface area contributed by atoms with Crippen LogP contribution in [0.15, 0.2) is 36.4 Å². The van der Waals surface area contributed by atoms with E-state index in [9.17, 15) is 5.11 Å². The summed E-state index contributed by atoms with van der Waals surface area (Å²) in [5, 5.41) is 11.4. The minimum absolute atomic E-state index is 0.109. The predicted molar refractivity (Wildman–Crippen MR) is 72.4 cm³/mol. The van der Waals surface area contributed by atoms with Gasteiger partial charge in [-0.15, -0.1) is 0 Å². The fourth-order valence-electron chi connectivity index (χ4n) is 1.57. The number of rotatable bonds is 2. The van der Waals surface area contributed by atoms with Gasteiger partial charge in [0.1, 0.15) is 5.75 Å². The van der Waals surface area contributed by atoms with Gasteiger partial charge in [0.25, 0.3) is 0 Å². The summed E-state index contributed by atoms with van der Waals surface area (Å²) < 4.78 is 0. The van der Waals surface area contributed by atoms with Crippen LogP contribution in [0.1, 0.15) is 11.1 Å². The number of benzene rings is 2. The summed E-state index contributed by atoms with van der Waals surface area (Å²) >= 11 is 17.6. The van der Waals surface area contributed by atoms with E-state index in [0.717, 1.165) is 5.56 Å².